The van der Waals surface area contributed by atoms with Crippen LogP contribution in [0, 0.1) is 5.82 Å². The molecule has 0 bridgehead atoms. The van der Waals surface area contributed by atoms with E-state index in [1.165, 1.54) is 18.2 Å². The number of nitrogens with two attached hydrogens (primary N) is 1. The SMILES string of the molecule is Nc1nnc(-c2ccc(F)cc2Br)o1. The number of hydrogen-bond acceptors (Lipinski definition) is 4. The van der Waals surface area contributed by atoms with Crippen molar-refractivity contribution in [1.29, 1.82) is 0 Å². The number of halogens is 2. The molecule has 2 rings (SSSR count). The quantitative estimate of drug-likeness (QED) is 0.851. The summed E-state index contributed by atoms with van der Waals surface area (Å²) in [6.07, 6.45) is 0. The third-order valence-corrected chi connectivity index (χ3v) is 2.26. The summed E-state index contributed by atoms with van der Waals surface area (Å²) in [5, 5.41) is 7.19. The topological polar surface area (TPSA) is 64.9 Å². The predicted octanol–water partition coefficient (Wildman–Crippen LogP) is 2.22. The number of aromatic nitrogens is 2. The minimum Gasteiger partial charge on any atom is -0.404 e. The molecule has 2 N–H and O–H groups in total. The van der Waals surface area contributed by atoms with Crippen LogP contribution in [-0.2, 0) is 0 Å². The summed E-state index contributed by atoms with van der Waals surface area (Å²) < 4.78 is 18.3. The van der Waals surface area contributed by atoms with E-state index in [4.69, 9.17) is 10.2 Å². The van der Waals surface area contributed by atoms with Crippen LogP contribution in [0.3, 0.4) is 0 Å². The Morgan fingerprint density at radius 2 is 2.14 bits per heavy atom. The van der Waals surface area contributed by atoms with Gasteiger partial charge in [-0.3, -0.25) is 0 Å². The van der Waals surface area contributed by atoms with Crippen molar-refractivity contribution >= 4 is 21.9 Å². The fourth-order valence-electron chi connectivity index (χ4n) is 1.01. The predicted molar refractivity (Wildman–Crippen MR) is 51.8 cm³/mol. The van der Waals surface area contributed by atoms with Gasteiger partial charge in [-0.05, 0) is 34.1 Å². The maximum atomic E-state index is 12.7. The first-order valence-electron chi connectivity index (χ1n) is 3.71. The van der Waals surface area contributed by atoms with Gasteiger partial charge in [0.2, 0.25) is 0 Å². The summed E-state index contributed by atoms with van der Waals surface area (Å²) in [7, 11) is 0. The largest absolute Gasteiger partial charge is 0.404 e. The molecular weight excluding hydrogens is 253 g/mol. The maximum Gasteiger partial charge on any atom is 0.313 e. The van der Waals surface area contributed by atoms with Crippen LogP contribution < -0.4 is 5.73 Å². The van der Waals surface area contributed by atoms with Gasteiger partial charge in [-0.15, -0.1) is 5.10 Å². The molecule has 0 fully saturated rings. The van der Waals surface area contributed by atoms with E-state index in [0.717, 1.165) is 0 Å². The number of benzene rings is 1. The number of nitrogens with zero attached hydrogens (tertiary/aromatic N) is 2. The highest BCUT2D eigenvalue weighted by molar-refractivity contribution is 9.10. The van der Waals surface area contributed by atoms with Crippen LogP contribution in [0.5, 0.6) is 0 Å². The Labute approximate surface area is 87.1 Å². The van der Waals surface area contributed by atoms with Crippen molar-refractivity contribution in [3.05, 3.63) is 28.5 Å². The summed E-state index contributed by atoms with van der Waals surface area (Å²) >= 11 is 3.18. The lowest BCUT2D eigenvalue weighted by molar-refractivity contribution is 0.589. The highest BCUT2D eigenvalue weighted by Crippen LogP contribution is 2.27. The third-order valence-electron chi connectivity index (χ3n) is 1.60. The molecule has 0 spiro atoms. The Balaban J connectivity index is 2.52. The van der Waals surface area contributed by atoms with Crippen LogP contribution in [0.15, 0.2) is 27.1 Å². The first-order chi connectivity index (χ1) is 6.66. The minimum absolute atomic E-state index is 0.0174. The minimum atomic E-state index is -0.340. The Morgan fingerprint density at radius 1 is 1.36 bits per heavy atom. The standard InChI is InChI=1S/C8H5BrFN3O/c9-6-3-4(10)1-2-5(6)7-12-13-8(11)14-7/h1-3H,(H2,11,13). The Bertz CT molecular complexity index is 471. The molecule has 0 saturated carbocycles. The lowest BCUT2D eigenvalue weighted by atomic mass is 10.2. The second-order valence-corrected chi connectivity index (χ2v) is 3.42. The molecule has 14 heavy (non-hydrogen) atoms. The molecule has 0 saturated heterocycles. The maximum absolute atomic E-state index is 12.7. The molecule has 72 valence electrons. The van der Waals surface area contributed by atoms with Crippen molar-refractivity contribution in [2.24, 2.45) is 0 Å². The zero-order valence-corrected chi connectivity index (χ0v) is 8.45. The Morgan fingerprint density at radius 3 is 2.71 bits per heavy atom. The smallest absolute Gasteiger partial charge is 0.313 e. The normalized spacial score (nSPS) is 10.4. The zero-order chi connectivity index (χ0) is 10.1. The molecule has 0 amide bonds. The molecule has 0 aliphatic heterocycles. The molecule has 1 heterocycles. The van der Waals surface area contributed by atoms with Crippen LogP contribution in [0.4, 0.5) is 10.4 Å². The van der Waals surface area contributed by atoms with Gasteiger partial charge in [0.05, 0.1) is 5.56 Å². The van der Waals surface area contributed by atoms with Gasteiger partial charge in [0, 0.05) is 4.47 Å². The van der Waals surface area contributed by atoms with Gasteiger partial charge in [0.25, 0.3) is 5.89 Å². The van der Waals surface area contributed by atoms with E-state index in [9.17, 15) is 4.39 Å². The molecule has 0 aliphatic carbocycles. The molecule has 0 atom stereocenters. The van der Waals surface area contributed by atoms with Crippen molar-refractivity contribution < 1.29 is 8.81 Å². The second kappa shape index (κ2) is 3.38. The van der Waals surface area contributed by atoms with Gasteiger partial charge in [-0.25, -0.2) is 4.39 Å². The van der Waals surface area contributed by atoms with Gasteiger partial charge in [0.15, 0.2) is 0 Å². The van der Waals surface area contributed by atoms with Crippen LogP contribution in [-0.4, -0.2) is 10.2 Å². The van der Waals surface area contributed by atoms with Crippen molar-refractivity contribution in [3.8, 4) is 11.5 Å². The first kappa shape index (κ1) is 9.14. The van der Waals surface area contributed by atoms with Crippen molar-refractivity contribution in [2.75, 3.05) is 5.73 Å². The highest BCUT2D eigenvalue weighted by Gasteiger charge is 2.10. The van der Waals surface area contributed by atoms with E-state index in [-0.39, 0.29) is 17.7 Å². The third kappa shape index (κ3) is 1.60. The van der Waals surface area contributed by atoms with Crippen LogP contribution in [0.25, 0.3) is 11.5 Å². The van der Waals surface area contributed by atoms with Gasteiger partial charge < -0.3 is 10.2 Å². The van der Waals surface area contributed by atoms with E-state index < -0.39 is 0 Å². The Kier molecular flexibility index (Phi) is 2.20. The van der Waals surface area contributed by atoms with Crippen LogP contribution in [0.1, 0.15) is 0 Å². The lowest BCUT2D eigenvalue weighted by Gasteiger charge is -1.97. The Hall–Kier alpha value is -1.43. The molecule has 1 aromatic heterocycles. The second-order valence-electron chi connectivity index (χ2n) is 2.57. The van der Waals surface area contributed by atoms with Crippen LogP contribution >= 0.6 is 15.9 Å². The summed E-state index contributed by atoms with van der Waals surface area (Å²) in [6.45, 7) is 0. The van der Waals surface area contributed by atoms with Crippen molar-refractivity contribution in [2.45, 2.75) is 0 Å². The molecule has 4 nitrogen and oxygen atoms in total. The van der Waals surface area contributed by atoms with Gasteiger partial charge in [-0.1, -0.05) is 5.10 Å². The van der Waals surface area contributed by atoms with Crippen molar-refractivity contribution in [1.82, 2.24) is 10.2 Å². The number of nitrogen functional groups attached to an aromatic ring is 1. The molecule has 6 heteroatoms. The molecule has 1 aromatic carbocycles. The van der Waals surface area contributed by atoms with E-state index in [2.05, 4.69) is 26.1 Å². The fraction of sp³-hybridized carbons (Fsp3) is 0. The molecule has 2 aromatic rings. The lowest BCUT2D eigenvalue weighted by Crippen LogP contribution is -1.82. The summed E-state index contributed by atoms with van der Waals surface area (Å²) in [5.74, 6) is -0.0810. The molecular formula is C8H5BrFN3O. The summed E-state index contributed by atoms with van der Waals surface area (Å²) in [6, 6.07) is 4.14. The monoisotopic (exact) mass is 257 g/mol. The van der Waals surface area contributed by atoms with Crippen LogP contribution in [0.2, 0.25) is 0 Å². The van der Waals surface area contributed by atoms with Crippen molar-refractivity contribution in [3.63, 3.8) is 0 Å². The average molecular weight is 258 g/mol. The van der Waals surface area contributed by atoms with E-state index >= 15 is 0 Å². The van der Waals surface area contributed by atoms with Gasteiger partial charge in [0.1, 0.15) is 5.82 Å². The average Bonchev–Trinajstić information content (AvgIpc) is 2.51. The van der Waals surface area contributed by atoms with E-state index in [0.29, 0.717) is 10.0 Å². The highest BCUT2D eigenvalue weighted by atomic mass is 79.9. The summed E-state index contributed by atoms with van der Waals surface area (Å²) in [4.78, 5) is 0. The van der Waals surface area contributed by atoms with Gasteiger partial charge >= 0.3 is 6.01 Å². The summed E-state index contributed by atoms with van der Waals surface area (Å²) in [5.41, 5.74) is 5.87. The number of hydrogen-bond donors (Lipinski definition) is 1. The fourth-order valence-corrected chi connectivity index (χ4v) is 1.53. The number of rotatable bonds is 1. The van der Waals surface area contributed by atoms with E-state index in [1.807, 2.05) is 0 Å². The molecule has 0 radical (unpaired) electrons. The molecule has 0 aliphatic rings. The zero-order valence-electron chi connectivity index (χ0n) is 6.87. The van der Waals surface area contributed by atoms with Gasteiger partial charge in [-0.2, -0.15) is 0 Å². The van der Waals surface area contributed by atoms with E-state index in [1.54, 1.807) is 0 Å². The number of anilines is 1. The first-order valence-corrected chi connectivity index (χ1v) is 4.50. The molecule has 0 unspecified atom stereocenters.